The number of hydrogen-bond donors (Lipinski definition) is 3. The predicted molar refractivity (Wildman–Crippen MR) is 137 cm³/mol. The quantitative estimate of drug-likeness (QED) is 0.400. The number of carboxylic acids is 1. The Morgan fingerprint density at radius 1 is 1.11 bits per heavy atom. The molecule has 0 unspecified atom stereocenters. The topological polar surface area (TPSA) is 138 Å². The Morgan fingerprint density at radius 3 is 2.36 bits per heavy atom. The van der Waals surface area contributed by atoms with Crippen LogP contribution in [0.25, 0.3) is 0 Å². The second-order valence-electron chi connectivity index (χ2n) is 10.3. The molecule has 10 nitrogen and oxygen atoms in total. The lowest BCUT2D eigenvalue weighted by molar-refractivity contribution is -0.147. The molecule has 202 valence electrons. The summed E-state index contributed by atoms with van der Waals surface area (Å²) in [6.07, 6.45) is 12.5. The summed E-state index contributed by atoms with van der Waals surface area (Å²) in [5, 5.41) is 12.5. The maximum atomic E-state index is 13.5. The molecule has 3 fully saturated rings. The molecule has 36 heavy (non-hydrogen) atoms. The number of anilines is 1. The molecule has 1 aromatic rings. The van der Waals surface area contributed by atoms with Crippen molar-refractivity contribution in [3.05, 3.63) is 6.20 Å². The van der Waals surface area contributed by atoms with Gasteiger partial charge in [0.25, 0.3) is 10.0 Å². The van der Waals surface area contributed by atoms with Crippen molar-refractivity contribution >= 4 is 38.5 Å². The van der Waals surface area contributed by atoms with Crippen molar-refractivity contribution in [2.24, 2.45) is 0 Å². The number of ether oxygens (including phenoxy) is 1. The SMILES string of the molecule is CCCOC1CCC(N(C(=O)Nc2ncc(S(=O)(=O)NC3(C(=O)O)CCC3)s2)C2CCCCC2)CC1. The third kappa shape index (κ3) is 6.20. The number of urea groups is 1. The number of aliphatic carboxylic acids is 1. The molecular formula is C24H38N4O6S2. The van der Waals surface area contributed by atoms with E-state index < -0.39 is 21.5 Å². The number of nitrogens with one attached hydrogen (secondary N) is 2. The van der Waals surface area contributed by atoms with Crippen LogP contribution in [0.2, 0.25) is 0 Å². The number of aromatic nitrogens is 1. The van der Waals surface area contributed by atoms with Crippen LogP contribution in [-0.4, -0.2) is 65.7 Å². The fourth-order valence-corrected chi connectivity index (χ4v) is 8.00. The maximum absolute atomic E-state index is 13.5. The summed E-state index contributed by atoms with van der Waals surface area (Å²) < 4.78 is 33.8. The molecule has 3 saturated carbocycles. The van der Waals surface area contributed by atoms with Crippen LogP contribution in [-0.2, 0) is 19.6 Å². The van der Waals surface area contributed by atoms with E-state index in [1.807, 2.05) is 4.90 Å². The van der Waals surface area contributed by atoms with E-state index in [1.165, 1.54) is 12.6 Å². The van der Waals surface area contributed by atoms with Gasteiger partial charge in [-0.15, -0.1) is 0 Å². The molecule has 0 bridgehead atoms. The minimum Gasteiger partial charge on any atom is -0.480 e. The Hall–Kier alpha value is -1.76. The van der Waals surface area contributed by atoms with Crippen LogP contribution in [0.5, 0.6) is 0 Å². The normalized spacial score (nSPS) is 24.6. The molecule has 0 aromatic carbocycles. The fourth-order valence-electron chi connectivity index (χ4n) is 5.56. The Morgan fingerprint density at radius 2 is 1.78 bits per heavy atom. The molecule has 0 radical (unpaired) electrons. The molecule has 0 atom stereocenters. The van der Waals surface area contributed by atoms with Crippen molar-refractivity contribution in [2.75, 3.05) is 11.9 Å². The number of carbonyl (C=O) groups is 2. The molecule has 4 rings (SSSR count). The summed E-state index contributed by atoms with van der Waals surface area (Å²) >= 11 is 0.842. The van der Waals surface area contributed by atoms with Gasteiger partial charge in [-0.3, -0.25) is 10.1 Å². The Bertz CT molecular complexity index is 1010. The highest BCUT2D eigenvalue weighted by Crippen LogP contribution is 2.35. The molecular weight excluding hydrogens is 504 g/mol. The van der Waals surface area contributed by atoms with Gasteiger partial charge in [0.15, 0.2) is 9.34 Å². The number of thiazole rings is 1. The largest absolute Gasteiger partial charge is 0.480 e. The molecule has 12 heteroatoms. The zero-order valence-electron chi connectivity index (χ0n) is 20.9. The number of carbonyl (C=O) groups excluding carboxylic acids is 1. The van der Waals surface area contributed by atoms with E-state index in [4.69, 9.17) is 4.74 Å². The van der Waals surface area contributed by atoms with E-state index in [1.54, 1.807) is 0 Å². The minimum atomic E-state index is -4.07. The van der Waals surface area contributed by atoms with Crippen LogP contribution in [0, 0.1) is 0 Å². The van der Waals surface area contributed by atoms with E-state index in [2.05, 4.69) is 21.9 Å². The van der Waals surface area contributed by atoms with Gasteiger partial charge >= 0.3 is 12.0 Å². The van der Waals surface area contributed by atoms with Crippen LogP contribution in [0.3, 0.4) is 0 Å². The molecule has 0 saturated heterocycles. The molecule has 3 aliphatic rings. The summed E-state index contributed by atoms with van der Waals surface area (Å²) in [5.74, 6) is -1.17. The van der Waals surface area contributed by atoms with Crippen molar-refractivity contribution in [3.8, 4) is 0 Å². The third-order valence-electron chi connectivity index (χ3n) is 7.71. The van der Waals surface area contributed by atoms with E-state index in [9.17, 15) is 23.1 Å². The van der Waals surface area contributed by atoms with Crippen molar-refractivity contribution in [3.63, 3.8) is 0 Å². The molecule has 3 aliphatic carbocycles. The van der Waals surface area contributed by atoms with Crippen LogP contribution in [0.4, 0.5) is 9.93 Å². The van der Waals surface area contributed by atoms with Gasteiger partial charge in [-0.05, 0) is 64.2 Å². The Balaban J connectivity index is 1.43. The van der Waals surface area contributed by atoms with Crippen LogP contribution >= 0.6 is 11.3 Å². The smallest absolute Gasteiger partial charge is 0.324 e. The number of amides is 2. The van der Waals surface area contributed by atoms with E-state index >= 15 is 0 Å². The van der Waals surface area contributed by atoms with Gasteiger partial charge in [0.1, 0.15) is 5.54 Å². The summed E-state index contributed by atoms with van der Waals surface area (Å²) in [5.41, 5.74) is -1.45. The van der Waals surface area contributed by atoms with E-state index in [-0.39, 0.29) is 46.4 Å². The number of nitrogens with zero attached hydrogens (tertiary/aromatic N) is 2. The molecule has 3 N–H and O–H groups in total. The van der Waals surface area contributed by atoms with Gasteiger partial charge in [-0.25, -0.2) is 18.2 Å². The van der Waals surface area contributed by atoms with Gasteiger partial charge in [-0.2, -0.15) is 4.72 Å². The van der Waals surface area contributed by atoms with Gasteiger partial charge < -0.3 is 14.7 Å². The Labute approximate surface area is 217 Å². The zero-order valence-corrected chi connectivity index (χ0v) is 22.5. The van der Waals surface area contributed by atoms with Gasteiger partial charge in [0, 0.05) is 18.7 Å². The first-order valence-corrected chi connectivity index (χ1v) is 15.5. The lowest BCUT2D eigenvalue weighted by Crippen LogP contribution is -2.58. The first kappa shape index (κ1) is 27.3. The highest BCUT2D eigenvalue weighted by molar-refractivity contribution is 7.91. The van der Waals surface area contributed by atoms with Crippen LogP contribution in [0.15, 0.2) is 10.4 Å². The van der Waals surface area contributed by atoms with Crippen molar-refractivity contribution < 1.29 is 27.9 Å². The monoisotopic (exact) mass is 542 g/mol. The molecule has 2 amide bonds. The lowest BCUT2D eigenvalue weighted by Gasteiger charge is -2.42. The number of sulfonamides is 1. The second-order valence-corrected chi connectivity index (χ2v) is 13.2. The highest BCUT2D eigenvalue weighted by Gasteiger charge is 2.48. The lowest BCUT2D eigenvalue weighted by atomic mass is 9.78. The first-order valence-electron chi connectivity index (χ1n) is 13.2. The standard InChI is InChI=1S/C24H38N4O6S2/c1-2-15-34-19-11-9-18(10-12-19)28(17-7-4-3-5-8-17)23(31)26-22-25-16-20(35-22)36(32,33)27-24(21(29)30)13-6-14-24/h16-19,27H,2-15H2,1H3,(H,29,30)(H,25,26,31). The maximum Gasteiger partial charge on any atom is 0.324 e. The number of hydrogen-bond acceptors (Lipinski definition) is 7. The predicted octanol–water partition coefficient (Wildman–Crippen LogP) is 4.33. The number of rotatable bonds is 10. The van der Waals surface area contributed by atoms with Crippen molar-refractivity contribution in [1.82, 2.24) is 14.6 Å². The highest BCUT2D eigenvalue weighted by atomic mass is 32.2. The summed E-state index contributed by atoms with van der Waals surface area (Å²) in [6.45, 7) is 2.86. The molecule has 1 aromatic heterocycles. The van der Waals surface area contributed by atoms with Gasteiger partial charge in [0.2, 0.25) is 0 Å². The molecule has 0 spiro atoms. The van der Waals surface area contributed by atoms with Crippen molar-refractivity contribution in [1.29, 1.82) is 0 Å². The number of carboxylic acid groups (broad SMARTS) is 1. The second kappa shape index (κ2) is 11.7. The molecule has 0 aliphatic heterocycles. The van der Waals surface area contributed by atoms with E-state index in [0.29, 0.717) is 6.42 Å². The Kier molecular flexibility index (Phi) is 8.90. The third-order valence-corrected chi connectivity index (χ3v) is 10.6. The average molecular weight is 543 g/mol. The van der Waals surface area contributed by atoms with Crippen LogP contribution < -0.4 is 10.0 Å². The summed E-state index contributed by atoms with van der Waals surface area (Å²) in [6, 6.07) is 0.0382. The average Bonchev–Trinajstić information content (AvgIpc) is 3.31. The molecule has 1 heterocycles. The van der Waals surface area contributed by atoms with E-state index in [0.717, 1.165) is 75.7 Å². The zero-order chi connectivity index (χ0) is 25.8. The fraction of sp³-hybridized carbons (Fsp3) is 0.792. The first-order chi connectivity index (χ1) is 17.2. The van der Waals surface area contributed by atoms with Gasteiger partial charge in [-0.1, -0.05) is 37.5 Å². The minimum absolute atomic E-state index is 0.108. The van der Waals surface area contributed by atoms with Crippen LogP contribution in [0.1, 0.15) is 90.4 Å². The van der Waals surface area contributed by atoms with Crippen molar-refractivity contribution in [2.45, 2.75) is 118 Å². The summed E-state index contributed by atoms with van der Waals surface area (Å²) in [4.78, 5) is 31.2. The van der Waals surface area contributed by atoms with Gasteiger partial charge in [0.05, 0.1) is 12.3 Å². The summed E-state index contributed by atoms with van der Waals surface area (Å²) in [7, 11) is -4.07.